The average molecular weight is 441 g/mol. The van der Waals surface area contributed by atoms with E-state index in [0.29, 0.717) is 18.1 Å². The molecule has 0 aliphatic heterocycles. The van der Waals surface area contributed by atoms with Crippen LogP contribution in [0.2, 0.25) is 10.0 Å². The quantitative estimate of drug-likeness (QED) is 0.472. The lowest BCUT2D eigenvalue weighted by Gasteiger charge is -2.13. The zero-order chi connectivity index (χ0) is 21.4. The minimum Gasteiger partial charge on any atom is -0.494 e. The fraction of sp³-hybridized carbons (Fsp3) is 0.300. The molecule has 9 heteroatoms. The van der Waals surface area contributed by atoms with E-state index < -0.39 is 11.8 Å². The second-order valence-electron chi connectivity index (χ2n) is 5.95. The summed E-state index contributed by atoms with van der Waals surface area (Å²) in [5.74, 6) is 0.124. The Morgan fingerprint density at radius 2 is 1.52 bits per heavy atom. The van der Waals surface area contributed by atoms with Crippen molar-refractivity contribution < 1.29 is 23.8 Å². The number of halogens is 2. The third-order valence-electron chi connectivity index (χ3n) is 3.94. The highest BCUT2D eigenvalue weighted by atomic mass is 35.5. The summed E-state index contributed by atoms with van der Waals surface area (Å²) in [6.07, 6.45) is 1.92. The molecule has 0 atom stereocenters. The highest BCUT2D eigenvalue weighted by molar-refractivity contribution is 6.37. The smallest absolute Gasteiger partial charge is 0.269 e. The van der Waals surface area contributed by atoms with E-state index in [1.54, 1.807) is 12.1 Å². The molecule has 0 aromatic heterocycles. The Morgan fingerprint density at radius 1 is 0.897 bits per heavy atom. The Bertz CT molecular complexity index is 866. The number of benzene rings is 2. The van der Waals surface area contributed by atoms with Crippen LogP contribution in [-0.4, -0.2) is 32.6 Å². The molecule has 7 nitrogen and oxygen atoms in total. The molecular weight excluding hydrogens is 419 g/mol. The predicted molar refractivity (Wildman–Crippen MR) is 111 cm³/mol. The van der Waals surface area contributed by atoms with Crippen LogP contribution in [0.15, 0.2) is 30.3 Å². The van der Waals surface area contributed by atoms with Crippen LogP contribution in [0.4, 0.5) is 0 Å². The summed E-state index contributed by atoms with van der Waals surface area (Å²) in [5, 5.41) is 0.361. The van der Waals surface area contributed by atoms with Crippen molar-refractivity contribution in [3.8, 4) is 17.2 Å². The molecule has 2 aromatic rings. The topological polar surface area (TPSA) is 85.9 Å². The van der Waals surface area contributed by atoms with Crippen LogP contribution < -0.4 is 25.1 Å². The second kappa shape index (κ2) is 10.8. The summed E-state index contributed by atoms with van der Waals surface area (Å²) < 4.78 is 16.0. The molecular formula is C20H22Cl2N2O5. The lowest BCUT2D eigenvalue weighted by Crippen LogP contribution is -2.41. The maximum atomic E-state index is 12.4. The average Bonchev–Trinajstić information content (AvgIpc) is 2.71. The van der Waals surface area contributed by atoms with E-state index >= 15 is 0 Å². The van der Waals surface area contributed by atoms with Crippen LogP contribution >= 0.6 is 23.2 Å². The molecule has 0 heterocycles. The maximum absolute atomic E-state index is 12.4. The van der Waals surface area contributed by atoms with Crippen molar-refractivity contribution >= 4 is 35.0 Å². The number of methoxy groups -OCH3 is 2. The van der Waals surface area contributed by atoms with E-state index in [9.17, 15) is 9.59 Å². The van der Waals surface area contributed by atoms with Crippen molar-refractivity contribution in [1.29, 1.82) is 0 Å². The van der Waals surface area contributed by atoms with Crippen molar-refractivity contribution in [2.75, 3.05) is 20.8 Å². The molecule has 0 fully saturated rings. The van der Waals surface area contributed by atoms with Gasteiger partial charge in [0.25, 0.3) is 11.8 Å². The van der Waals surface area contributed by atoms with Gasteiger partial charge in [0.05, 0.1) is 30.9 Å². The fourth-order valence-electron chi connectivity index (χ4n) is 2.40. The summed E-state index contributed by atoms with van der Waals surface area (Å²) in [5.41, 5.74) is 5.10. The molecule has 0 spiro atoms. The Kier molecular flexibility index (Phi) is 8.42. The summed E-state index contributed by atoms with van der Waals surface area (Å²) in [6.45, 7) is 2.62. The minimum atomic E-state index is -0.587. The Hall–Kier alpha value is -2.64. The van der Waals surface area contributed by atoms with E-state index in [1.165, 1.54) is 32.4 Å². The van der Waals surface area contributed by atoms with Crippen molar-refractivity contribution in [1.82, 2.24) is 10.9 Å². The molecule has 29 heavy (non-hydrogen) atoms. The van der Waals surface area contributed by atoms with Gasteiger partial charge in [-0.25, -0.2) is 0 Å². The third kappa shape index (κ3) is 5.92. The number of amides is 2. The van der Waals surface area contributed by atoms with Gasteiger partial charge in [-0.05, 0) is 36.8 Å². The van der Waals surface area contributed by atoms with Gasteiger partial charge in [-0.15, -0.1) is 0 Å². The zero-order valence-electron chi connectivity index (χ0n) is 16.3. The van der Waals surface area contributed by atoms with E-state index in [0.717, 1.165) is 12.8 Å². The van der Waals surface area contributed by atoms with Gasteiger partial charge >= 0.3 is 0 Å². The molecule has 0 bridgehead atoms. The number of ether oxygens (including phenoxy) is 3. The number of carbonyl (C=O) groups is 2. The number of carbonyl (C=O) groups excluding carboxylic acids is 2. The Morgan fingerprint density at radius 3 is 2.07 bits per heavy atom. The van der Waals surface area contributed by atoms with Crippen LogP contribution in [0.25, 0.3) is 0 Å². The monoisotopic (exact) mass is 440 g/mol. The van der Waals surface area contributed by atoms with E-state index in [4.69, 9.17) is 37.4 Å². The summed E-state index contributed by atoms with van der Waals surface area (Å²) in [4.78, 5) is 24.6. The molecule has 0 aliphatic carbocycles. The van der Waals surface area contributed by atoms with Gasteiger partial charge in [-0.2, -0.15) is 0 Å². The van der Waals surface area contributed by atoms with Gasteiger partial charge in [0.1, 0.15) is 0 Å². The van der Waals surface area contributed by atoms with Crippen LogP contribution in [0.1, 0.15) is 40.5 Å². The third-order valence-corrected chi connectivity index (χ3v) is 4.50. The van der Waals surface area contributed by atoms with Crippen LogP contribution in [0.3, 0.4) is 0 Å². The Balaban J connectivity index is 2.04. The number of hydrogen-bond acceptors (Lipinski definition) is 5. The van der Waals surface area contributed by atoms with Gasteiger partial charge in [0.15, 0.2) is 17.2 Å². The first kappa shape index (κ1) is 22.6. The SMILES string of the molecule is CCCCOc1ccc(C(=O)NNC(=O)c2cc(Cl)c(OC)c(Cl)c2)cc1OC. The minimum absolute atomic E-state index is 0.165. The number of hydrogen-bond donors (Lipinski definition) is 2. The fourth-order valence-corrected chi connectivity index (χ4v) is 3.04. The van der Waals surface area contributed by atoms with E-state index in [1.807, 2.05) is 0 Å². The summed E-state index contributed by atoms with van der Waals surface area (Å²) in [7, 11) is 2.91. The van der Waals surface area contributed by atoms with Crippen LogP contribution in [0.5, 0.6) is 17.2 Å². The van der Waals surface area contributed by atoms with Gasteiger partial charge in [-0.3, -0.25) is 20.4 Å². The first-order chi connectivity index (χ1) is 13.9. The van der Waals surface area contributed by atoms with Crippen LogP contribution in [0, 0.1) is 0 Å². The highest BCUT2D eigenvalue weighted by Gasteiger charge is 2.16. The highest BCUT2D eigenvalue weighted by Crippen LogP contribution is 2.33. The first-order valence-electron chi connectivity index (χ1n) is 8.85. The predicted octanol–water partition coefficient (Wildman–Crippen LogP) is 4.26. The number of nitrogens with one attached hydrogen (secondary N) is 2. The lowest BCUT2D eigenvalue weighted by atomic mass is 10.2. The molecule has 0 saturated heterocycles. The lowest BCUT2D eigenvalue weighted by molar-refractivity contribution is 0.0846. The Labute approximate surface area is 179 Å². The molecule has 0 unspecified atom stereocenters. The van der Waals surface area contributed by atoms with Gasteiger partial charge < -0.3 is 14.2 Å². The standard InChI is InChI=1S/C20H22Cl2N2O5/c1-4-5-8-29-16-7-6-12(11-17(16)27-2)19(25)23-24-20(26)13-9-14(21)18(28-3)15(22)10-13/h6-7,9-11H,4-5,8H2,1-3H3,(H,23,25)(H,24,26). The van der Waals surface area contributed by atoms with E-state index in [2.05, 4.69) is 17.8 Å². The number of rotatable bonds is 8. The molecule has 2 N–H and O–H groups in total. The summed E-state index contributed by atoms with van der Waals surface area (Å²) in [6, 6.07) is 7.53. The molecule has 2 aromatic carbocycles. The molecule has 2 rings (SSSR count). The summed E-state index contributed by atoms with van der Waals surface area (Å²) >= 11 is 12.1. The van der Waals surface area contributed by atoms with Gasteiger partial charge in [0, 0.05) is 11.1 Å². The van der Waals surface area contributed by atoms with Crippen molar-refractivity contribution in [3.63, 3.8) is 0 Å². The molecule has 0 saturated carbocycles. The van der Waals surface area contributed by atoms with Crippen molar-refractivity contribution in [3.05, 3.63) is 51.5 Å². The zero-order valence-corrected chi connectivity index (χ0v) is 17.8. The largest absolute Gasteiger partial charge is 0.494 e. The second-order valence-corrected chi connectivity index (χ2v) is 6.76. The number of unbranched alkanes of at least 4 members (excludes halogenated alkanes) is 1. The number of hydrazine groups is 1. The van der Waals surface area contributed by atoms with Gasteiger partial charge in [-0.1, -0.05) is 36.5 Å². The molecule has 156 valence electrons. The van der Waals surface area contributed by atoms with E-state index in [-0.39, 0.29) is 26.9 Å². The normalized spacial score (nSPS) is 10.2. The molecule has 0 radical (unpaired) electrons. The van der Waals surface area contributed by atoms with Crippen molar-refractivity contribution in [2.24, 2.45) is 0 Å². The van der Waals surface area contributed by atoms with Gasteiger partial charge in [0.2, 0.25) is 0 Å². The first-order valence-corrected chi connectivity index (χ1v) is 9.61. The maximum Gasteiger partial charge on any atom is 0.269 e. The van der Waals surface area contributed by atoms with Crippen LogP contribution in [-0.2, 0) is 0 Å². The molecule has 0 aliphatic rings. The molecule has 2 amide bonds. The van der Waals surface area contributed by atoms with Crippen molar-refractivity contribution in [2.45, 2.75) is 19.8 Å².